The van der Waals surface area contributed by atoms with E-state index in [0.29, 0.717) is 40.6 Å². The second-order valence-corrected chi connectivity index (χ2v) is 10.6. The van der Waals surface area contributed by atoms with Crippen molar-refractivity contribution in [3.05, 3.63) is 51.2 Å². The molecule has 2 atom stereocenters. The summed E-state index contributed by atoms with van der Waals surface area (Å²) in [6.45, 7) is 2.57. The van der Waals surface area contributed by atoms with Crippen molar-refractivity contribution in [2.24, 2.45) is 17.3 Å². The number of H-pyrrole nitrogens is 1. The maximum Gasteiger partial charge on any atom is 0.204 e. The lowest BCUT2D eigenvalue weighted by Crippen LogP contribution is -2.34. The summed E-state index contributed by atoms with van der Waals surface area (Å²) < 4.78 is 6.17. The van der Waals surface area contributed by atoms with Gasteiger partial charge in [-0.15, -0.1) is 10.2 Å². The van der Waals surface area contributed by atoms with E-state index in [0.717, 1.165) is 55.2 Å². The zero-order valence-corrected chi connectivity index (χ0v) is 21.0. The van der Waals surface area contributed by atoms with Gasteiger partial charge in [0, 0.05) is 23.0 Å². The Bertz CT molecular complexity index is 1100. The van der Waals surface area contributed by atoms with E-state index in [1.807, 2.05) is 24.3 Å². The number of carbonyl (C=O) groups excluding carboxylic acids is 1. The van der Waals surface area contributed by atoms with Gasteiger partial charge in [0.1, 0.15) is 12.4 Å². The normalized spacial score (nSPS) is 25.4. The van der Waals surface area contributed by atoms with Gasteiger partial charge in [-0.25, -0.2) is 0 Å². The molecule has 1 heterocycles. The Morgan fingerprint density at radius 2 is 1.91 bits per heavy atom. The number of nitrogens with zero attached hydrogens (tertiary/aromatic N) is 3. The Morgan fingerprint density at radius 3 is 2.59 bits per heavy atom. The number of aromatic amines is 1. The molecule has 5 rings (SSSR count). The molecular weight excluding hydrogens is 471 g/mol. The maximum atomic E-state index is 13.8. The molecule has 3 aliphatic rings. The minimum absolute atomic E-state index is 0.0931. The van der Waals surface area contributed by atoms with Gasteiger partial charge in [-0.3, -0.25) is 4.79 Å². The van der Waals surface area contributed by atoms with E-state index in [4.69, 9.17) is 27.9 Å². The lowest BCUT2D eigenvalue weighted by Gasteiger charge is -2.34. The molecule has 0 spiro atoms. The van der Waals surface area contributed by atoms with Crippen LogP contribution >= 0.6 is 23.2 Å². The third kappa shape index (κ3) is 4.20. The number of carbonyl (C=O) groups is 1. The van der Waals surface area contributed by atoms with Gasteiger partial charge >= 0.3 is 0 Å². The quantitative estimate of drug-likeness (QED) is 0.436. The SMILES string of the molecule is CCCCC1(C2CCCC2)CC2CC(OCc3ccc(-c4nn[nH]n4)cc3)=C(Cl)C(Cl)=C2C1=O. The first-order valence-electron chi connectivity index (χ1n) is 12.3. The largest absolute Gasteiger partial charge is 0.492 e. The van der Waals surface area contributed by atoms with Crippen LogP contribution in [0, 0.1) is 17.3 Å². The van der Waals surface area contributed by atoms with Crippen molar-refractivity contribution in [2.45, 2.75) is 71.3 Å². The van der Waals surface area contributed by atoms with E-state index in [1.165, 1.54) is 12.8 Å². The van der Waals surface area contributed by atoms with Gasteiger partial charge in [-0.1, -0.05) is 80.1 Å². The number of halogens is 2. The van der Waals surface area contributed by atoms with Crippen LogP contribution in [0.2, 0.25) is 0 Å². The standard InChI is InChI=1S/C26H30Cl2N4O2/c1-2-3-12-26(19-6-4-5-7-19)14-18-13-20(22(27)23(28)21(18)24(26)33)34-15-16-8-10-17(11-9-16)25-29-31-32-30-25/h8-11,18-19H,2-7,12-15H2,1H3,(H,29,30,31,32). The molecule has 3 aliphatic carbocycles. The van der Waals surface area contributed by atoms with Crippen LogP contribution in [-0.2, 0) is 16.1 Å². The fourth-order valence-corrected chi connectivity index (χ4v) is 6.74. The van der Waals surface area contributed by atoms with Gasteiger partial charge < -0.3 is 4.74 Å². The van der Waals surface area contributed by atoms with Crippen molar-refractivity contribution in [2.75, 3.05) is 0 Å². The topological polar surface area (TPSA) is 80.8 Å². The van der Waals surface area contributed by atoms with Crippen molar-refractivity contribution in [1.82, 2.24) is 20.6 Å². The monoisotopic (exact) mass is 500 g/mol. The minimum atomic E-state index is -0.274. The van der Waals surface area contributed by atoms with Gasteiger partial charge in [0.15, 0.2) is 5.78 Å². The highest BCUT2D eigenvalue weighted by Gasteiger charge is 2.56. The number of fused-ring (bicyclic) bond motifs is 1. The molecule has 1 aromatic heterocycles. The van der Waals surface area contributed by atoms with Gasteiger partial charge in [0.2, 0.25) is 5.82 Å². The van der Waals surface area contributed by atoms with Crippen molar-refractivity contribution >= 4 is 29.0 Å². The predicted molar refractivity (Wildman–Crippen MR) is 132 cm³/mol. The molecule has 2 aromatic rings. The minimum Gasteiger partial charge on any atom is -0.492 e. The summed E-state index contributed by atoms with van der Waals surface area (Å²) in [6.07, 6.45) is 9.38. The number of allylic oxidation sites excluding steroid dienone is 4. The first-order chi connectivity index (χ1) is 16.5. The summed E-state index contributed by atoms with van der Waals surface area (Å²) in [5.74, 6) is 2.06. The molecule has 8 heteroatoms. The third-order valence-corrected chi connectivity index (χ3v) is 8.79. The molecule has 180 valence electrons. The highest BCUT2D eigenvalue weighted by Crippen LogP contribution is 2.59. The summed E-state index contributed by atoms with van der Waals surface area (Å²) in [6, 6.07) is 7.82. The molecule has 6 nitrogen and oxygen atoms in total. The van der Waals surface area contributed by atoms with Crippen LogP contribution in [0.25, 0.3) is 11.4 Å². The summed E-state index contributed by atoms with van der Waals surface area (Å²) in [7, 11) is 0. The number of benzene rings is 1. The molecule has 2 fully saturated rings. The highest BCUT2D eigenvalue weighted by molar-refractivity contribution is 6.45. The van der Waals surface area contributed by atoms with Crippen LogP contribution in [0.5, 0.6) is 0 Å². The Morgan fingerprint density at radius 1 is 1.15 bits per heavy atom. The van der Waals surface area contributed by atoms with Gasteiger partial charge in [0.25, 0.3) is 0 Å². The summed E-state index contributed by atoms with van der Waals surface area (Å²) in [5, 5.41) is 14.8. The average molecular weight is 501 g/mol. The highest BCUT2D eigenvalue weighted by atomic mass is 35.5. The number of ether oxygens (including phenoxy) is 1. The number of ketones is 1. The van der Waals surface area contributed by atoms with Crippen molar-refractivity contribution in [3.8, 4) is 11.4 Å². The summed E-state index contributed by atoms with van der Waals surface area (Å²) in [4.78, 5) is 13.8. The van der Waals surface area contributed by atoms with E-state index in [9.17, 15) is 4.79 Å². The van der Waals surface area contributed by atoms with Crippen LogP contribution < -0.4 is 0 Å². The fraction of sp³-hybridized carbons (Fsp3) is 0.538. The number of hydrogen-bond donors (Lipinski definition) is 1. The molecule has 1 N–H and O–H groups in total. The molecular formula is C26H30Cl2N4O2. The van der Waals surface area contributed by atoms with Crippen LogP contribution in [0.15, 0.2) is 45.7 Å². The van der Waals surface area contributed by atoms with Gasteiger partial charge in [0.05, 0.1) is 10.1 Å². The molecule has 2 unspecified atom stereocenters. The van der Waals surface area contributed by atoms with Gasteiger partial charge in [-0.05, 0) is 48.3 Å². The fourth-order valence-electron chi connectivity index (χ4n) is 6.16. The van der Waals surface area contributed by atoms with E-state index in [2.05, 4.69) is 27.5 Å². The molecule has 0 amide bonds. The second-order valence-electron chi connectivity index (χ2n) is 9.86. The maximum absolute atomic E-state index is 13.8. The van der Waals surface area contributed by atoms with E-state index in [-0.39, 0.29) is 17.1 Å². The van der Waals surface area contributed by atoms with Gasteiger partial charge in [-0.2, -0.15) is 5.21 Å². The molecule has 0 aliphatic heterocycles. The van der Waals surface area contributed by atoms with Crippen molar-refractivity contribution in [3.63, 3.8) is 0 Å². The molecule has 2 saturated carbocycles. The number of unbranched alkanes of at least 4 members (excludes halogenated alkanes) is 1. The first kappa shape index (κ1) is 23.6. The Labute approximate surface area is 210 Å². The zero-order chi connectivity index (χ0) is 23.7. The van der Waals surface area contributed by atoms with E-state index in [1.54, 1.807) is 0 Å². The Balaban J connectivity index is 1.32. The van der Waals surface area contributed by atoms with Crippen LogP contribution in [0.1, 0.15) is 70.3 Å². The number of hydrogen-bond acceptors (Lipinski definition) is 5. The number of Topliss-reactive ketones (excluding diaryl/α,β-unsaturated/α-hetero) is 1. The van der Waals surface area contributed by atoms with Crippen molar-refractivity contribution in [1.29, 1.82) is 0 Å². The second kappa shape index (κ2) is 9.82. The van der Waals surface area contributed by atoms with E-state index >= 15 is 0 Å². The summed E-state index contributed by atoms with van der Waals surface area (Å²) >= 11 is 13.4. The molecule has 1 aromatic carbocycles. The molecule has 0 saturated heterocycles. The third-order valence-electron chi connectivity index (χ3n) is 7.91. The number of tetrazole rings is 1. The molecule has 34 heavy (non-hydrogen) atoms. The Hall–Kier alpha value is -2.18. The Kier molecular flexibility index (Phi) is 6.81. The molecule has 0 radical (unpaired) electrons. The predicted octanol–water partition coefficient (Wildman–Crippen LogP) is 6.69. The van der Waals surface area contributed by atoms with E-state index < -0.39 is 0 Å². The number of aromatic nitrogens is 4. The smallest absolute Gasteiger partial charge is 0.204 e. The summed E-state index contributed by atoms with van der Waals surface area (Å²) in [5.41, 5.74) is 2.36. The van der Waals surface area contributed by atoms with Crippen LogP contribution in [-0.4, -0.2) is 26.4 Å². The number of nitrogens with one attached hydrogen (secondary N) is 1. The number of rotatable bonds is 8. The lowest BCUT2D eigenvalue weighted by molar-refractivity contribution is -0.126. The zero-order valence-electron chi connectivity index (χ0n) is 19.4. The van der Waals surface area contributed by atoms with Crippen LogP contribution in [0.4, 0.5) is 0 Å². The first-order valence-corrected chi connectivity index (χ1v) is 13.1. The van der Waals surface area contributed by atoms with Crippen LogP contribution in [0.3, 0.4) is 0 Å². The average Bonchev–Trinajstić information content (AvgIpc) is 3.62. The van der Waals surface area contributed by atoms with Crippen molar-refractivity contribution < 1.29 is 9.53 Å². The lowest BCUT2D eigenvalue weighted by atomic mass is 9.68. The molecule has 0 bridgehead atoms.